The highest BCUT2D eigenvalue weighted by molar-refractivity contribution is 5.95. The van der Waals surface area contributed by atoms with Crippen LogP contribution in [0.5, 0.6) is 0 Å². The van der Waals surface area contributed by atoms with E-state index in [0.29, 0.717) is 43.6 Å². The molecule has 186 valence electrons. The lowest BCUT2D eigenvalue weighted by atomic mass is 9.89. The number of likely N-dealkylation sites (tertiary alicyclic amines) is 1. The zero-order chi connectivity index (χ0) is 25.2. The van der Waals surface area contributed by atoms with E-state index in [9.17, 15) is 14.4 Å². The minimum absolute atomic E-state index is 0.0327. The largest absolute Gasteiger partial charge is 0.467 e. The quantitative estimate of drug-likeness (QED) is 0.483. The second-order valence-electron chi connectivity index (χ2n) is 9.47. The number of benzene rings is 1. The highest BCUT2D eigenvalue weighted by atomic mass is 16.5. The summed E-state index contributed by atoms with van der Waals surface area (Å²) in [6, 6.07) is 14.6. The van der Waals surface area contributed by atoms with E-state index in [2.05, 4.69) is 0 Å². The van der Waals surface area contributed by atoms with Crippen LogP contribution in [0.15, 0.2) is 59.2 Å². The number of fused-ring (bicyclic) bond motifs is 1. The molecular formula is C28H29N3O5. The highest BCUT2D eigenvalue weighted by Gasteiger charge is 2.35. The number of aromatic nitrogens is 1. The van der Waals surface area contributed by atoms with E-state index in [1.807, 2.05) is 42.2 Å². The van der Waals surface area contributed by atoms with Gasteiger partial charge in [-0.15, -0.1) is 0 Å². The monoisotopic (exact) mass is 487 g/mol. The third-order valence-electron chi connectivity index (χ3n) is 6.99. The molecular weight excluding hydrogens is 458 g/mol. The zero-order valence-electron chi connectivity index (χ0n) is 20.5. The van der Waals surface area contributed by atoms with Crippen molar-refractivity contribution in [2.45, 2.75) is 44.8 Å². The summed E-state index contributed by atoms with van der Waals surface area (Å²) in [6.45, 7) is 3.43. The Kier molecular flexibility index (Phi) is 6.59. The number of hydrogen-bond acceptors (Lipinski definition) is 6. The number of carbonyl (C=O) groups is 3. The van der Waals surface area contributed by atoms with E-state index in [1.54, 1.807) is 36.4 Å². The van der Waals surface area contributed by atoms with Crippen LogP contribution in [-0.4, -0.2) is 52.7 Å². The van der Waals surface area contributed by atoms with Gasteiger partial charge in [-0.1, -0.05) is 18.2 Å². The molecule has 1 atom stereocenters. The van der Waals surface area contributed by atoms with E-state index in [4.69, 9.17) is 14.1 Å². The van der Waals surface area contributed by atoms with Gasteiger partial charge in [-0.2, -0.15) is 0 Å². The van der Waals surface area contributed by atoms with E-state index in [1.165, 1.54) is 0 Å². The maximum Gasteiger partial charge on any atom is 0.339 e. The number of piperidine rings is 1. The standard InChI is InChI=1S/C28H29N3O5/c1-18-9-10-23(27(33)30(2)17-20-6-5-15-35-20)26(29-18)19-11-13-31(14-12-19)25(32)16-24-21-7-3-4-8-22(21)28(34)36-24/h3-10,15,19,24H,11-14,16-17H2,1-2H3. The Morgan fingerprint density at radius 3 is 2.61 bits per heavy atom. The minimum Gasteiger partial charge on any atom is -0.467 e. The van der Waals surface area contributed by atoms with Crippen molar-refractivity contribution in [3.8, 4) is 0 Å². The molecule has 5 rings (SSSR count). The van der Waals surface area contributed by atoms with E-state index < -0.39 is 6.10 Å². The van der Waals surface area contributed by atoms with E-state index in [-0.39, 0.29) is 30.1 Å². The normalized spacial score (nSPS) is 17.6. The molecule has 0 spiro atoms. The molecule has 2 aliphatic rings. The van der Waals surface area contributed by atoms with Gasteiger partial charge in [0.2, 0.25) is 5.91 Å². The number of furan rings is 1. The molecule has 1 unspecified atom stereocenters. The summed E-state index contributed by atoms with van der Waals surface area (Å²) < 4.78 is 10.8. The number of pyridine rings is 1. The second kappa shape index (κ2) is 9.97. The maximum absolute atomic E-state index is 13.3. The number of ether oxygens (including phenoxy) is 1. The third-order valence-corrected chi connectivity index (χ3v) is 6.99. The van der Waals surface area contributed by atoms with Gasteiger partial charge in [-0.3, -0.25) is 14.6 Å². The summed E-state index contributed by atoms with van der Waals surface area (Å²) in [6.07, 6.45) is 2.62. The Labute approximate surface area is 209 Å². The summed E-state index contributed by atoms with van der Waals surface area (Å²) in [5.74, 6) is 0.287. The molecule has 0 aliphatic carbocycles. The van der Waals surface area contributed by atoms with Gasteiger partial charge in [0.05, 0.1) is 36.0 Å². The van der Waals surface area contributed by atoms with Gasteiger partial charge in [0.1, 0.15) is 11.9 Å². The van der Waals surface area contributed by atoms with Gasteiger partial charge >= 0.3 is 5.97 Å². The summed E-state index contributed by atoms with van der Waals surface area (Å²) in [7, 11) is 1.75. The van der Waals surface area contributed by atoms with Crippen molar-refractivity contribution in [2.75, 3.05) is 20.1 Å². The van der Waals surface area contributed by atoms with Gasteiger partial charge in [0.25, 0.3) is 5.91 Å². The molecule has 8 nitrogen and oxygen atoms in total. The van der Waals surface area contributed by atoms with Crippen molar-refractivity contribution in [1.29, 1.82) is 0 Å². The third kappa shape index (κ3) is 4.76. The molecule has 2 aromatic heterocycles. The first kappa shape index (κ1) is 23.8. The number of carbonyl (C=O) groups excluding carboxylic acids is 3. The summed E-state index contributed by atoms with van der Waals surface area (Å²) in [5.41, 5.74) is 3.55. The first-order valence-corrected chi connectivity index (χ1v) is 12.2. The van der Waals surface area contributed by atoms with Crippen LogP contribution in [0.2, 0.25) is 0 Å². The number of amides is 2. The maximum atomic E-state index is 13.3. The number of hydrogen-bond donors (Lipinski definition) is 0. The average Bonchev–Trinajstić information content (AvgIpc) is 3.51. The molecule has 4 heterocycles. The SMILES string of the molecule is Cc1ccc(C(=O)N(C)Cc2ccco2)c(C2CCN(C(=O)CC3OC(=O)c4ccccc43)CC2)n1. The molecule has 2 amide bonds. The van der Waals surface area contributed by atoms with Crippen molar-refractivity contribution < 1.29 is 23.5 Å². The van der Waals surface area contributed by atoms with Gasteiger partial charge < -0.3 is 19.0 Å². The highest BCUT2D eigenvalue weighted by Crippen LogP contribution is 2.35. The Balaban J connectivity index is 1.24. The molecule has 3 aromatic rings. The molecule has 0 bridgehead atoms. The molecule has 1 fully saturated rings. The number of nitrogens with zero attached hydrogens (tertiary/aromatic N) is 3. The molecule has 2 aliphatic heterocycles. The Morgan fingerprint density at radius 2 is 1.86 bits per heavy atom. The molecule has 1 aromatic carbocycles. The summed E-state index contributed by atoms with van der Waals surface area (Å²) in [4.78, 5) is 46.6. The van der Waals surface area contributed by atoms with Crippen LogP contribution in [-0.2, 0) is 16.1 Å². The predicted octanol–water partition coefficient (Wildman–Crippen LogP) is 4.26. The van der Waals surface area contributed by atoms with E-state index in [0.717, 1.165) is 22.7 Å². The van der Waals surface area contributed by atoms with Crippen LogP contribution >= 0.6 is 0 Å². The fourth-order valence-electron chi connectivity index (χ4n) is 5.04. The molecule has 36 heavy (non-hydrogen) atoms. The van der Waals surface area contributed by atoms with Crippen molar-refractivity contribution in [3.05, 3.63) is 88.6 Å². The number of rotatable bonds is 6. The Morgan fingerprint density at radius 1 is 1.08 bits per heavy atom. The number of aryl methyl sites for hydroxylation is 1. The summed E-state index contributed by atoms with van der Waals surface area (Å²) >= 11 is 0. The minimum atomic E-state index is -0.536. The van der Waals surface area contributed by atoms with Crippen molar-refractivity contribution in [2.24, 2.45) is 0 Å². The molecule has 0 saturated carbocycles. The van der Waals surface area contributed by atoms with Crippen LogP contribution in [0.25, 0.3) is 0 Å². The first-order chi connectivity index (χ1) is 17.4. The molecule has 0 radical (unpaired) electrons. The lowest BCUT2D eigenvalue weighted by Crippen LogP contribution is -2.39. The zero-order valence-corrected chi connectivity index (χ0v) is 20.5. The smallest absolute Gasteiger partial charge is 0.339 e. The van der Waals surface area contributed by atoms with Crippen molar-refractivity contribution in [1.82, 2.24) is 14.8 Å². The van der Waals surface area contributed by atoms with Gasteiger partial charge in [0, 0.05) is 37.3 Å². The number of cyclic esters (lactones) is 1. The fourth-order valence-corrected chi connectivity index (χ4v) is 5.04. The van der Waals surface area contributed by atoms with Gasteiger partial charge in [0.15, 0.2) is 0 Å². The fraction of sp³-hybridized carbons (Fsp3) is 0.357. The second-order valence-corrected chi connectivity index (χ2v) is 9.47. The topological polar surface area (TPSA) is 93.0 Å². The van der Waals surface area contributed by atoms with Gasteiger partial charge in [-0.05, 0) is 50.1 Å². The predicted molar refractivity (Wildman–Crippen MR) is 131 cm³/mol. The van der Waals surface area contributed by atoms with Crippen LogP contribution in [0.3, 0.4) is 0 Å². The van der Waals surface area contributed by atoms with E-state index >= 15 is 0 Å². The average molecular weight is 488 g/mol. The van der Waals surface area contributed by atoms with Crippen LogP contribution in [0, 0.1) is 6.92 Å². The van der Waals surface area contributed by atoms with Gasteiger partial charge in [-0.25, -0.2) is 4.79 Å². The lowest BCUT2D eigenvalue weighted by molar-refractivity contribution is -0.134. The first-order valence-electron chi connectivity index (χ1n) is 12.2. The molecule has 8 heteroatoms. The Hall–Kier alpha value is -3.94. The van der Waals surface area contributed by atoms with Crippen LogP contribution in [0.4, 0.5) is 0 Å². The molecule has 1 saturated heterocycles. The van der Waals surface area contributed by atoms with Crippen molar-refractivity contribution in [3.63, 3.8) is 0 Å². The molecule has 0 N–H and O–H groups in total. The number of esters is 1. The summed E-state index contributed by atoms with van der Waals surface area (Å²) in [5, 5.41) is 0. The van der Waals surface area contributed by atoms with Crippen LogP contribution < -0.4 is 0 Å². The lowest BCUT2D eigenvalue weighted by Gasteiger charge is -2.33. The van der Waals surface area contributed by atoms with Crippen LogP contribution in [0.1, 0.15) is 74.7 Å². The Bertz CT molecular complexity index is 1280. The van der Waals surface area contributed by atoms with Crippen molar-refractivity contribution >= 4 is 17.8 Å².